The fourth-order valence-corrected chi connectivity index (χ4v) is 0.859. The third-order valence-electron chi connectivity index (χ3n) is 1.69. The zero-order valence-electron chi connectivity index (χ0n) is 9.07. The summed E-state index contributed by atoms with van der Waals surface area (Å²) in [5.41, 5.74) is 8.01. The van der Waals surface area contributed by atoms with Crippen molar-refractivity contribution >= 4 is 0 Å². The van der Waals surface area contributed by atoms with E-state index in [0.29, 0.717) is 5.82 Å². The van der Waals surface area contributed by atoms with Crippen molar-refractivity contribution in [1.82, 2.24) is 10.6 Å². The van der Waals surface area contributed by atoms with Gasteiger partial charge in [-0.15, -0.1) is 0 Å². The molecule has 0 rings (SSSR count). The molecule has 0 bridgehead atoms. The quantitative estimate of drug-likeness (QED) is 0.563. The van der Waals surface area contributed by atoms with E-state index < -0.39 is 0 Å². The number of nitrogens with two attached hydrogens (primary N) is 1. The summed E-state index contributed by atoms with van der Waals surface area (Å²) in [7, 11) is 1.81. The lowest BCUT2D eigenvalue weighted by Crippen LogP contribution is -2.19. The highest BCUT2D eigenvalue weighted by molar-refractivity contribution is 5.24. The lowest BCUT2D eigenvalue weighted by atomic mass is 10.2. The second kappa shape index (κ2) is 6.40. The molecule has 3 heteroatoms. The predicted molar refractivity (Wildman–Crippen MR) is 58.0 cm³/mol. The van der Waals surface area contributed by atoms with E-state index in [-0.39, 0.29) is 0 Å². The van der Waals surface area contributed by atoms with Gasteiger partial charge < -0.3 is 16.4 Å². The molecule has 13 heavy (non-hydrogen) atoms. The van der Waals surface area contributed by atoms with E-state index in [1.54, 1.807) is 0 Å². The maximum Gasteiger partial charge on any atom is 0.0978 e. The van der Waals surface area contributed by atoms with Gasteiger partial charge in [0, 0.05) is 25.4 Å². The van der Waals surface area contributed by atoms with E-state index in [2.05, 4.69) is 31.4 Å². The Labute approximate surface area is 81.1 Å². The van der Waals surface area contributed by atoms with E-state index >= 15 is 0 Å². The summed E-state index contributed by atoms with van der Waals surface area (Å²) in [6.07, 6.45) is 3.04. The van der Waals surface area contributed by atoms with Gasteiger partial charge in [0.2, 0.25) is 0 Å². The molecule has 76 valence electrons. The van der Waals surface area contributed by atoms with Gasteiger partial charge in [-0.05, 0) is 20.3 Å². The normalized spacial score (nSPS) is 10.9. The van der Waals surface area contributed by atoms with Crippen molar-refractivity contribution in [3.05, 3.63) is 23.2 Å². The summed E-state index contributed by atoms with van der Waals surface area (Å²) in [5, 5.41) is 6.21. The SMILES string of the molecule is CCCNC(/C=C(/N)NC)=C(C)C. The molecular weight excluding hydrogens is 162 g/mol. The Morgan fingerprint density at radius 1 is 1.38 bits per heavy atom. The van der Waals surface area contributed by atoms with Crippen LogP contribution in [0.25, 0.3) is 0 Å². The van der Waals surface area contributed by atoms with Gasteiger partial charge in [-0.3, -0.25) is 0 Å². The Morgan fingerprint density at radius 3 is 2.38 bits per heavy atom. The van der Waals surface area contributed by atoms with Crippen LogP contribution >= 0.6 is 0 Å². The van der Waals surface area contributed by atoms with Crippen LogP contribution in [0.15, 0.2) is 23.2 Å². The second-order valence-corrected chi connectivity index (χ2v) is 3.19. The maximum atomic E-state index is 5.66. The van der Waals surface area contributed by atoms with Gasteiger partial charge in [0.25, 0.3) is 0 Å². The standard InChI is InChI=1S/C10H21N3/c1-5-6-13-9(8(2)3)7-10(11)12-4/h7,12-13H,5-6,11H2,1-4H3/b10-7-. The number of hydrogen-bond donors (Lipinski definition) is 3. The Balaban J connectivity index is 4.37. The lowest BCUT2D eigenvalue weighted by Gasteiger charge is -2.09. The summed E-state index contributed by atoms with van der Waals surface area (Å²) in [4.78, 5) is 0. The van der Waals surface area contributed by atoms with E-state index in [4.69, 9.17) is 5.73 Å². The molecule has 0 amide bonds. The number of allylic oxidation sites excluding steroid dienone is 2. The van der Waals surface area contributed by atoms with Crippen molar-refractivity contribution in [2.24, 2.45) is 5.73 Å². The van der Waals surface area contributed by atoms with Crippen LogP contribution in [0.4, 0.5) is 0 Å². The Kier molecular flexibility index (Phi) is 5.85. The molecule has 0 heterocycles. The molecule has 0 aromatic carbocycles. The summed E-state index contributed by atoms with van der Waals surface area (Å²) < 4.78 is 0. The van der Waals surface area contributed by atoms with Crippen molar-refractivity contribution in [2.45, 2.75) is 27.2 Å². The van der Waals surface area contributed by atoms with Crippen molar-refractivity contribution < 1.29 is 0 Å². The Morgan fingerprint density at radius 2 is 2.00 bits per heavy atom. The summed E-state index contributed by atoms with van der Waals surface area (Å²) in [6.45, 7) is 7.25. The fraction of sp³-hybridized carbons (Fsp3) is 0.600. The van der Waals surface area contributed by atoms with Crippen molar-refractivity contribution in [3.8, 4) is 0 Å². The number of hydrogen-bond acceptors (Lipinski definition) is 3. The van der Waals surface area contributed by atoms with Crippen LogP contribution in [0, 0.1) is 0 Å². The molecule has 0 aliphatic rings. The van der Waals surface area contributed by atoms with Crippen LogP contribution in [0.1, 0.15) is 27.2 Å². The third kappa shape index (κ3) is 5.17. The van der Waals surface area contributed by atoms with Crippen molar-refractivity contribution in [1.29, 1.82) is 0 Å². The maximum absolute atomic E-state index is 5.66. The molecule has 0 aliphatic heterocycles. The molecule has 3 nitrogen and oxygen atoms in total. The number of rotatable bonds is 5. The summed E-state index contributed by atoms with van der Waals surface area (Å²) in [6, 6.07) is 0. The first-order valence-electron chi connectivity index (χ1n) is 4.68. The molecule has 0 saturated heterocycles. The fourth-order valence-electron chi connectivity index (χ4n) is 0.859. The van der Waals surface area contributed by atoms with Crippen molar-refractivity contribution in [3.63, 3.8) is 0 Å². The summed E-state index contributed by atoms with van der Waals surface area (Å²) >= 11 is 0. The molecule has 4 N–H and O–H groups in total. The zero-order valence-corrected chi connectivity index (χ0v) is 9.07. The van der Waals surface area contributed by atoms with Gasteiger partial charge in [0.1, 0.15) is 0 Å². The Bertz CT molecular complexity index is 200. The van der Waals surface area contributed by atoms with Gasteiger partial charge in [0.15, 0.2) is 0 Å². The van der Waals surface area contributed by atoms with Crippen LogP contribution in [0.2, 0.25) is 0 Å². The van der Waals surface area contributed by atoms with Crippen molar-refractivity contribution in [2.75, 3.05) is 13.6 Å². The van der Waals surface area contributed by atoms with Gasteiger partial charge >= 0.3 is 0 Å². The van der Waals surface area contributed by atoms with Crippen LogP contribution in [-0.4, -0.2) is 13.6 Å². The highest BCUT2D eigenvalue weighted by Crippen LogP contribution is 2.01. The van der Waals surface area contributed by atoms with E-state index in [0.717, 1.165) is 18.7 Å². The molecule has 0 aliphatic carbocycles. The van der Waals surface area contributed by atoms with Crippen LogP contribution < -0.4 is 16.4 Å². The molecular formula is C10H21N3. The monoisotopic (exact) mass is 183 g/mol. The zero-order chi connectivity index (χ0) is 10.3. The first kappa shape index (κ1) is 11.9. The topological polar surface area (TPSA) is 50.1 Å². The van der Waals surface area contributed by atoms with Crippen LogP contribution in [0.5, 0.6) is 0 Å². The molecule has 0 unspecified atom stereocenters. The molecule has 0 spiro atoms. The third-order valence-corrected chi connectivity index (χ3v) is 1.69. The summed E-state index contributed by atoms with van der Waals surface area (Å²) in [5.74, 6) is 0.680. The molecule has 0 fully saturated rings. The van der Waals surface area contributed by atoms with Gasteiger partial charge in [-0.1, -0.05) is 12.5 Å². The van der Waals surface area contributed by atoms with E-state index in [9.17, 15) is 0 Å². The molecule has 0 aromatic rings. The average molecular weight is 183 g/mol. The first-order valence-corrected chi connectivity index (χ1v) is 4.68. The van der Waals surface area contributed by atoms with Gasteiger partial charge in [-0.2, -0.15) is 0 Å². The van der Waals surface area contributed by atoms with Crippen LogP contribution in [-0.2, 0) is 0 Å². The minimum atomic E-state index is 0.680. The molecule has 0 aromatic heterocycles. The number of nitrogens with one attached hydrogen (secondary N) is 2. The smallest absolute Gasteiger partial charge is 0.0978 e. The average Bonchev–Trinajstić information content (AvgIpc) is 2.11. The second-order valence-electron chi connectivity index (χ2n) is 3.19. The highest BCUT2D eigenvalue weighted by atomic mass is 15.0. The van der Waals surface area contributed by atoms with Gasteiger partial charge in [0.05, 0.1) is 5.82 Å². The molecule has 0 radical (unpaired) electrons. The van der Waals surface area contributed by atoms with Gasteiger partial charge in [-0.25, -0.2) is 0 Å². The minimum absolute atomic E-state index is 0.680. The largest absolute Gasteiger partial charge is 0.385 e. The lowest BCUT2D eigenvalue weighted by molar-refractivity contribution is 0.772. The molecule has 0 atom stereocenters. The van der Waals surface area contributed by atoms with Crippen LogP contribution in [0.3, 0.4) is 0 Å². The first-order chi connectivity index (χ1) is 6.11. The predicted octanol–water partition coefficient (Wildman–Crippen LogP) is 1.30. The highest BCUT2D eigenvalue weighted by Gasteiger charge is 1.95. The molecule has 0 saturated carbocycles. The Hall–Kier alpha value is -1.12. The minimum Gasteiger partial charge on any atom is -0.385 e. The van der Waals surface area contributed by atoms with E-state index in [1.165, 1.54) is 5.57 Å². The van der Waals surface area contributed by atoms with E-state index in [1.807, 2.05) is 13.1 Å².